The number of rotatable bonds is 6. The fourth-order valence-corrected chi connectivity index (χ4v) is 3.07. The van der Waals surface area contributed by atoms with E-state index in [4.69, 9.17) is 5.11 Å². The van der Waals surface area contributed by atoms with E-state index in [1.54, 1.807) is 26.1 Å². The van der Waals surface area contributed by atoms with Crippen molar-refractivity contribution in [3.63, 3.8) is 0 Å². The van der Waals surface area contributed by atoms with Gasteiger partial charge >= 0.3 is 5.97 Å². The lowest BCUT2D eigenvalue weighted by atomic mass is 10.2. The molecule has 2 N–H and O–H groups in total. The van der Waals surface area contributed by atoms with Gasteiger partial charge in [0.1, 0.15) is 12.1 Å². The Bertz CT molecular complexity index is 663. The minimum absolute atomic E-state index is 0.274. The lowest BCUT2D eigenvalue weighted by Gasteiger charge is -2.25. The van der Waals surface area contributed by atoms with E-state index in [-0.39, 0.29) is 12.0 Å². The molecule has 1 aromatic heterocycles. The monoisotopic (exact) mass is 349 g/mol. The number of aliphatic carboxylic acids is 1. The second-order valence-electron chi connectivity index (χ2n) is 6.52. The number of pyridine rings is 1. The molecule has 0 saturated carbocycles. The van der Waals surface area contributed by atoms with Crippen LogP contribution >= 0.6 is 0 Å². The third kappa shape index (κ3) is 4.84. The summed E-state index contributed by atoms with van der Waals surface area (Å²) in [5.41, 5.74) is 0.649. The van der Waals surface area contributed by atoms with Crippen LogP contribution in [0.15, 0.2) is 23.1 Å². The summed E-state index contributed by atoms with van der Waals surface area (Å²) in [4.78, 5) is 37.9. The van der Waals surface area contributed by atoms with Crippen molar-refractivity contribution in [3.05, 3.63) is 28.7 Å². The Morgan fingerprint density at radius 2 is 1.84 bits per heavy atom. The molecule has 25 heavy (non-hydrogen) atoms. The highest BCUT2D eigenvalue weighted by atomic mass is 16.4. The second kappa shape index (κ2) is 8.69. The predicted octanol–water partition coefficient (Wildman–Crippen LogP) is 1.77. The molecule has 2 rings (SSSR count). The first kappa shape index (κ1) is 19.0. The molecule has 1 aliphatic heterocycles. The normalized spacial score (nSPS) is 17.4. The quantitative estimate of drug-likeness (QED) is 0.817. The summed E-state index contributed by atoms with van der Waals surface area (Å²) in [6.45, 7) is 5.18. The summed E-state index contributed by atoms with van der Waals surface area (Å²) in [7, 11) is 0. The van der Waals surface area contributed by atoms with E-state index in [1.165, 1.54) is 23.5 Å². The molecular weight excluding hydrogens is 322 g/mol. The van der Waals surface area contributed by atoms with Crippen LogP contribution in [0.25, 0.3) is 0 Å². The number of aromatic nitrogens is 1. The molecule has 2 unspecified atom stereocenters. The Morgan fingerprint density at radius 3 is 2.40 bits per heavy atom. The number of carboxylic acids is 1. The molecule has 7 nitrogen and oxygen atoms in total. The first-order valence-corrected chi connectivity index (χ1v) is 8.94. The van der Waals surface area contributed by atoms with Gasteiger partial charge in [-0.25, -0.2) is 4.79 Å². The van der Waals surface area contributed by atoms with Crippen LogP contribution in [0.3, 0.4) is 0 Å². The fraction of sp³-hybridized carbons (Fsp3) is 0.611. The number of carbonyl (C=O) groups excluding carboxylic acids is 1. The largest absolute Gasteiger partial charge is 0.480 e. The van der Waals surface area contributed by atoms with Gasteiger partial charge in [0.2, 0.25) is 5.91 Å². The van der Waals surface area contributed by atoms with E-state index in [1.807, 2.05) is 0 Å². The highest BCUT2D eigenvalue weighted by Gasteiger charge is 2.23. The average molecular weight is 349 g/mol. The minimum atomic E-state index is -1.08. The van der Waals surface area contributed by atoms with Crippen LogP contribution in [0.2, 0.25) is 0 Å². The van der Waals surface area contributed by atoms with Gasteiger partial charge in [0.15, 0.2) is 0 Å². The number of nitrogens with one attached hydrogen (secondary N) is 1. The zero-order valence-electron chi connectivity index (χ0n) is 14.9. The van der Waals surface area contributed by atoms with Gasteiger partial charge in [-0.15, -0.1) is 0 Å². The molecule has 0 aliphatic carbocycles. The van der Waals surface area contributed by atoms with Gasteiger partial charge in [-0.05, 0) is 32.3 Å². The first-order chi connectivity index (χ1) is 11.9. The van der Waals surface area contributed by atoms with Crippen molar-refractivity contribution in [3.8, 4) is 0 Å². The molecule has 0 bridgehead atoms. The van der Waals surface area contributed by atoms with Gasteiger partial charge in [0, 0.05) is 25.4 Å². The summed E-state index contributed by atoms with van der Waals surface area (Å²) in [6, 6.07) is 1.55. The molecule has 1 aromatic rings. The summed E-state index contributed by atoms with van der Waals surface area (Å²) in [5.74, 6) is -1.54. The average Bonchev–Trinajstić information content (AvgIpc) is 2.88. The molecule has 0 spiro atoms. The van der Waals surface area contributed by atoms with E-state index in [9.17, 15) is 14.4 Å². The lowest BCUT2D eigenvalue weighted by molar-refractivity contribution is -0.142. The van der Waals surface area contributed by atoms with Crippen LogP contribution in [0.4, 0.5) is 5.69 Å². The molecule has 1 fully saturated rings. The van der Waals surface area contributed by atoms with Crippen LogP contribution in [0.1, 0.15) is 52.0 Å². The number of hydrogen-bond acceptors (Lipinski definition) is 4. The lowest BCUT2D eigenvalue weighted by Crippen LogP contribution is -2.44. The summed E-state index contributed by atoms with van der Waals surface area (Å²) in [6.07, 6.45) is 6.65. The maximum absolute atomic E-state index is 12.4. The van der Waals surface area contributed by atoms with Gasteiger partial charge in [-0.2, -0.15) is 0 Å². The van der Waals surface area contributed by atoms with Crippen molar-refractivity contribution in [2.45, 2.75) is 58.0 Å². The van der Waals surface area contributed by atoms with Crippen LogP contribution in [0.5, 0.6) is 0 Å². The molecule has 2 heterocycles. The molecule has 0 aromatic carbocycles. The first-order valence-electron chi connectivity index (χ1n) is 8.94. The van der Waals surface area contributed by atoms with Gasteiger partial charge in [-0.3, -0.25) is 9.59 Å². The maximum Gasteiger partial charge on any atom is 0.326 e. The van der Waals surface area contributed by atoms with Crippen molar-refractivity contribution in [1.29, 1.82) is 0 Å². The van der Waals surface area contributed by atoms with Crippen molar-refractivity contribution in [1.82, 2.24) is 9.88 Å². The number of nitrogens with zero attached hydrogens (tertiary/aromatic N) is 2. The van der Waals surface area contributed by atoms with Crippen molar-refractivity contribution in [2.24, 2.45) is 0 Å². The topological polar surface area (TPSA) is 91.6 Å². The molecule has 1 saturated heterocycles. The minimum Gasteiger partial charge on any atom is -0.480 e. The van der Waals surface area contributed by atoms with Gasteiger partial charge in [-0.1, -0.05) is 19.8 Å². The molecule has 2 atom stereocenters. The number of anilines is 1. The third-order valence-electron chi connectivity index (χ3n) is 4.71. The highest BCUT2D eigenvalue weighted by molar-refractivity contribution is 5.85. The van der Waals surface area contributed by atoms with Crippen molar-refractivity contribution in [2.75, 3.05) is 18.0 Å². The predicted molar refractivity (Wildman–Crippen MR) is 96.0 cm³/mol. The standard InChI is InChI=1S/C18H27N3O4/c1-3-15(18(24)25)19-17(23)13(2)21-12-14(8-9-16(21)22)20-10-6-4-5-7-11-20/h8-9,12-13,15H,3-7,10-11H2,1-2H3,(H,19,23)(H,24,25). The van der Waals surface area contributed by atoms with Crippen LogP contribution < -0.4 is 15.8 Å². The molecular formula is C18H27N3O4. The Balaban J connectivity index is 2.19. The van der Waals surface area contributed by atoms with Crippen molar-refractivity contribution >= 4 is 17.6 Å². The number of carbonyl (C=O) groups is 2. The Kier molecular flexibility index (Phi) is 6.61. The Morgan fingerprint density at radius 1 is 1.20 bits per heavy atom. The zero-order valence-corrected chi connectivity index (χ0v) is 14.9. The van der Waals surface area contributed by atoms with Crippen LogP contribution in [0, 0.1) is 0 Å². The zero-order chi connectivity index (χ0) is 18.4. The molecule has 1 aliphatic rings. The second-order valence-corrected chi connectivity index (χ2v) is 6.52. The maximum atomic E-state index is 12.4. The smallest absolute Gasteiger partial charge is 0.326 e. The fourth-order valence-electron chi connectivity index (χ4n) is 3.07. The molecule has 1 amide bonds. The summed E-state index contributed by atoms with van der Waals surface area (Å²) in [5, 5.41) is 11.6. The molecule has 138 valence electrons. The van der Waals surface area contributed by atoms with E-state index < -0.39 is 24.0 Å². The number of amides is 1. The Labute approximate surface area is 147 Å². The number of carboxylic acid groups (broad SMARTS) is 1. The highest BCUT2D eigenvalue weighted by Crippen LogP contribution is 2.19. The molecule has 7 heteroatoms. The SMILES string of the molecule is CCC(NC(=O)C(C)n1cc(N2CCCCCC2)ccc1=O)C(=O)O. The van der Waals surface area contributed by atoms with Gasteiger partial charge in [0.25, 0.3) is 5.56 Å². The third-order valence-corrected chi connectivity index (χ3v) is 4.71. The van der Waals surface area contributed by atoms with Crippen LogP contribution in [-0.4, -0.2) is 40.7 Å². The van der Waals surface area contributed by atoms with E-state index in [2.05, 4.69) is 10.2 Å². The van der Waals surface area contributed by atoms with E-state index >= 15 is 0 Å². The molecule has 0 radical (unpaired) electrons. The Hall–Kier alpha value is -2.31. The summed E-state index contributed by atoms with van der Waals surface area (Å²) >= 11 is 0. The van der Waals surface area contributed by atoms with Gasteiger partial charge in [0.05, 0.1) is 5.69 Å². The van der Waals surface area contributed by atoms with Crippen molar-refractivity contribution < 1.29 is 14.7 Å². The number of hydrogen-bond donors (Lipinski definition) is 2. The summed E-state index contributed by atoms with van der Waals surface area (Å²) < 4.78 is 1.38. The van der Waals surface area contributed by atoms with Crippen LogP contribution in [-0.2, 0) is 9.59 Å². The van der Waals surface area contributed by atoms with E-state index in [0.29, 0.717) is 0 Å². The van der Waals surface area contributed by atoms with E-state index in [0.717, 1.165) is 31.6 Å². The van der Waals surface area contributed by atoms with Gasteiger partial charge < -0.3 is 19.9 Å².